The van der Waals surface area contributed by atoms with E-state index in [2.05, 4.69) is 10.6 Å². The Morgan fingerprint density at radius 1 is 0.714 bits per heavy atom. The smallest absolute Gasteiger partial charge is 0.314 e. The maximum absolute atomic E-state index is 3.22. The van der Waals surface area contributed by atoms with Crippen molar-refractivity contribution in [3.8, 4) is 0 Å². The number of hydrogen-bond acceptors (Lipinski definition) is 2. The Morgan fingerprint density at radius 2 is 1.00 bits per heavy atom. The van der Waals surface area contributed by atoms with Crippen LogP contribution in [0.15, 0.2) is 0 Å². The summed E-state index contributed by atoms with van der Waals surface area (Å²) in [7, 11) is 0. The molecule has 0 bridgehead atoms. The van der Waals surface area contributed by atoms with Crippen molar-refractivity contribution in [1.82, 2.24) is 10.6 Å². The van der Waals surface area contributed by atoms with Gasteiger partial charge >= 0.3 is 37.7 Å². The fraction of sp³-hybridized carbons (Fsp3) is 1.00. The Labute approximate surface area is 74.0 Å². The van der Waals surface area contributed by atoms with Gasteiger partial charge in [-0.1, -0.05) is 0 Å². The predicted molar refractivity (Wildman–Crippen MR) is 31.5 cm³/mol. The maximum Gasteiger partial charge on any atom is 2.00 e. The SMILES string of the molecule is C1CNCCN1.[Ca+2]. The van der Waals surface area contributed by atoms with E-state index in [1.54, 1.807) is 0 Å². The number of hydrogen-bond donors (Lipinski definition) is 2. The van der Waals surface area contributed by atoms with Gasteiger partial charge in [-0.2, -0.15) is 0 Å². The molecule has 1 aliphatic heterocycles. The summed E-state index contributed by atoms with van der Waals surface area (Å²) in [4.78, 5) is 0. The third-order valence-electron chi connectivity index (χ3n) is 0.957. The molecule has 2 N–H and O–H groups in total. The summed E-state index contributed by atoms with van der Waals surface area (Å²) in [6.45, 7) is 4.56. The second-order valence-electron chi connectivity index (χ2n) is 1.50. The van der Waals surface area contributed by atoms with Crippen LogP contribution >= 0.6 is 0 Å². The van der Waals surface area contributed by atoms with Gasteiger partial charge in [0.15, 0.2) is 0 Å². The fourth-order valence-corrected chi connectivity index (χ4v) is 0.604. The van der Waals surface area contributed by atoms with E-state index in [1.165, 1.54) is 0 Å². The topological polar surface area (TPSA) is 24.1 Å². The monoisotopic (exact) mass is 126 g/mol. The van der Waals surface area contributed by atoms with Crippen molar-refractivity contribution in [2.24, 2.45) is 0 Å². The van der Waals surface area contributed by atoms with Gasteiger partial charge in [0, 0.05) is 26.2 Å². The van der Waals surface area contributed by atoms with Crippen molar-refractivity contribution < 1.29 is 0 Å². The van der Waals surface area contributed by atoms with Crippen molar-refractivity contribution >= 4 is 37.7 Å². The summed E-state index contributed by atoms with van der Waals surface area (Å²) < 4.78 is 0. The third kappa shape index (κ3) is 3.74. The van der Waals surface area contributed by atoms with Gasteiger partial charge in [0.1, 0.15) is 0 Å². The summed E-state index contributed by atoms with van der Waals surface area (Å²) >= 11 is 0. The van der Waals surface area contributed by atoms with Crippen molar-refractivity contribution in [3.05, 3.63) is 0 Å². The van der Waals surface area contributed by atoms with Crippen molar-refractivity contribution in [2.75, 3.05) is 26.2 Å². The Balaban J connectivity index is 0.000000360. The molecule has 0 aromatic heterocycles. The first-order valence-electron chi connectivity index (χ1n) is 2.41. The van der Waals surface area contributed by atoms with Gasteiger partial charge in [-0.3, -0.25) is 0 Å². The largest absolute Gasteiger partial charge is 2.00 e. The zero-order chi connectivity index (χ0) is 4.24. The molecule has 0 radical (unpaired) electrons. The van der Waals surface area contributed by atoms with Crippen molar-refractivity contribution in [1.29, 1.82) is 0 Å². The third-order valence-corrected chi connectivity index (χ3v) is 0.957. The van der Waals surface area contributed by atoms with Gasteiger partial charge < -0.3 is 10.6 Å². The fourth-order valence-electron chi connectivity index (χ4n) is 0.604. The molecule has 0 amide bonds. The van der Waals surface area contributed by atoms with E-state index in [4.69, 9.17) is 0 Å². The van der Waals surface area contributed by atoms with E-state index in [-0.39, 0.29) is 37.7 Å². The average Bonchev–Trinajstić information content (AvgIpc) is 1.72. The van der Waals surface area contributed by atoms with Gasteiger partial charge in [-0.05, 0) is 0 Å². The summed E-state index contributed by atoms with van der Waals surface area (Å²) in [5.41, 5.74) is 0. The molecule has 1 fully saturated rings. The summed E-state index contributed by atoms with van der Waals surface area (Å²) in [6, 6.07) is 0. The van der Waals surface area contributed by atoms with E-state index in [0.717, 1.165) is 26.2 Å². The van der Waals surface area contributed by atoms with Crippen LogP contribution in [0.25, 0.3) is 0 Å². The minimum atomic E-state index is 0. The van der Waals surface area contributed by atoms with Crippen LogP contribution in [0.5, 0.6) is 0 Å². The molecule has 2 nitrogen and oxygen atoms in total. The van der Waals surface area contributed by atoms with Crippen molar-refractivity contribution in [3.63, 3.8) is 0 Å². The molecule has 7 heavy (non-hydrogen) atoms. The molecule has 0 unspecified atom stereocenters. The second-order valence-corrected chi connectivity index (χ2v) is 1.50. The van der Waals surface area contributed by atoms with E-state index in [0.29, 0.717) is 0 Å². The Hall–Kier alpha value is 1.18. The van der Waals surface area contributed by atoms with Crippen LogP contribution in [-0.4, -0.2) is 63.9 Å². The molecule has 3 heteroatoms. The Morgan fingerprint density at radius 3 is 1.14 bits per heavy atom. The first kappa shape index (κ1) is 8.18. The van der Waals surface area contributed by atoms with Gasteiger partial charge in [-0.25, -0.2) is 0 Å². The summed E-state index contributed by atoms with van der Waals surface area (Å²) in [5.74, 6) is 0. The van der Waals surface area contributed by atoms with Gasteiger partial charge in [-0.15, -0.1) is 0 Å². The normalized spacial score (nSPS) is 20.6. The zero-order valence-corrected chi connectivity index (χ0v) is 6.74. The second kappa shape index (κ2) is 5.32. The molecule has 1 rings (SSSR count). The number of piperazine rings is 1. The molecular weight excluding hydrogens is 116 g/mol. The van der Waals surface area contributed by atoms with Gasteiger partial charge in [0.2, 0.25) is 0 Å². The van der Waals surface area contributed by atoms with E-state index in [1.807, 2.05) is 0 Å². The molecule has 1 saturated heterocycles. The van der Waals surface area contributed by atoms with Gasteiger partial charge in [0.05, 0.1) is 0 Å². The predicted octanol–water partition coefficient (Wildman–Crippen LogP) is -1.20. The van der Waals surface area contributed by atoms with Crippen LogP contribution in [0.1, 0.15) is 0 Å². The van der Waals surface area contributed by atoms with E-state index < -0.39 is 0 Å². The molecule has 0 atom stereocenters. The average molecular weight is 126 g/mol. The van der Waals surface area contributed by atoms with Crippen LogP contribution in [0, 0.1) is 0 Å². The first-order chi connectivity index (χ1) is 3.00. The van der Waals surface area contributed by atoms with Crippen LogP contribution in [0.2, 0.25) is 0 Å². The minimum absolute atomic E-state index is 0. The van der Waals surface area contributed by atoms with E-state index in [9.17, 15) is 0 Å². The van der Waals surface area contributed by atoms with Crippen LogP contribution < -0.4 is 10.6 Å². The molecule has 1 aliphatic rings. The molecule has 0 aromatic rings. The standard InChI is InChI=1S/C4H10N2.Ca/c1-2-6-4-3-5-1;/h5-6H,1-4H2;/q;+2. The molecule has 36 valence electrons. The van der Waals surface area contributed by atoms with E-state index >= 15 is 0 Å². The number of rotatable bonds is 0. The van der Waals surface area contributed by atoms with Gasteiger partial charge in [0.25, 0.3) is 0 Å². The summed E-state index contributed by atoms with van der Waals surface area (Å²) in [5, 5.41) is 6.44. The first-order valence-corrected chi connectivity index (χ1v) is 2.41. The van der Waals surface area contributed by atoms with Crippen LogP contribution in [0.4, 0.5) is 0 Å². The Bertz CT molecular complexity index is 25.2. The zero-order valence-electron chi connectivity index (χ0n) is 4.54. The van der Waals surface area contributed by atoms with Crippen LogP contribution in [0.3, 0.4) is 0 Å². The molecular formula is C4H10CaN2+2. The molecule has 0 aliphatic carbocycles. The molecule has 0 aromatic carbocycles. The molecule has 1 heterocycles. The summed E-state index contributed by atoms with van der Waals surface area (Å²) in [6.07, 6.45) is 0. The Kier molecular flexibility index (Phi) is 6.22. The molecule has 0 saturated carbocycles. The van der Waals surface area contributed by atoms with Crippen LogP contribution in [-0.2, 0) is 0 Å². The quantitative estimate of drug-likeness (QED) is 0.398. The van der Waals surface area contributed by atoms with Crippen molar-refractivity contribution in [2.45, 2.75) is 0 Å². The maximum atomic E-state index is 3.22. The minimum Gasteiger partial charge on any atom is -0.314 e. The number of nitrogens with one attached hydrogen (secondary N) is 2. The molecule has 0 spiro atoms.